The van der Waals surface area contributed by atoms with E-state index in [1.807, 2.05) is 13.3 Å². The lowest BCUT2D eigenvalue weighted by Crippen LogP contribution is -2.66. The second-order valence-electron chi connectivity index (χ2n) is 8.68. The standard InChI is InChI=1S/C17H26N2O/c1-13-5-6-18-19(13)16-8-14(2)7-15(3,9-16)11-17(10-14,12-16)20-4/h5-6H,7-12H2,1-4H3. The maximum atomic E-state index is 6.10. The Morgan fingerprint density at radius 1 is 1.05 bits per heavy atom. The minimum atomic E-state index is 0.0800. The molecule has 0 aliphatic heterocycles. The molecule has 1 aromatic heterocycles. The van der Waals surface area contributed by atoms with E-state index in [0.29, 0.717) is 10.8 Å². The highest BCUT2D eigenvalue weighted by molar-refractivity contribution is 5.20. The summed E-state index contributed by atoms with van der Waals surface area (Å²) in [6, 6.07) is 2.14. The topological polar surface area (TPSA) is 27.1 Å². The van der Waals surface area contributed by atoms with E-state index in [4.69, 9.17) is 9.84 Å². The first kappa shape index (κ1) is 12.9. The molecule has 3 nitrogen and oxygen atoms in total. The molecule has 4 fully saturated rings. The van der Waals surface area contributed by atoms with Crippen molar-refractivity contribution >= 4 is 0 Å². The third-order valence-corrected chi connectivity index (χ3v) is 6.23. The Kier molecular flexibility index (Phi) is 2.25. The number of nitrogens with zero attached hydrogens (tertiary/aromatic N) is 2. The van der Waals surface area contributed by atoms with E-state index < -0.39 is 0 Å². The second kappa shape index (κ2) is 3.49. The van der Waals surface area contributed by atoms with Gasteiger partial charge in [-0.15, -0.1) is 0 Å². The van der Waals surface area contributed by atoms with Crippen LogP contribution in [0.25, 0.3) is 0 Å². The minimum Gasteiger partial charge on any atom is -0.378 e. The average molecular weight is 274 g/mol. The maximum absolute atomic E-state index is 6.10. The van der Waals surface area contributed by atoms with Crippen LogP contribution in [0.2, 0.25) is 0 Å². The molecule has 0 spiro atoms. The summed E-state index contributed by atoms with van der Waals surface area (Å²) in [7, 11) is 1.92. The molecule has 2 atom stereocenters. The molecule has 0 aromatic carbocycles. The van der Waals surface area contributed by atoms with Crippen LogP contribution in [0.4, 0.5) is 0 Å². The molecular weight excluding hydrogens is 248 g/mol. The van der Waals surface area contributed by atoms with Gasteiger partial charge in [0.1, 0.15) is 0 Å². The van der Waals surface area contributed by atoms with Crippen LogP contribution in [0.3, 0.4) is 0 Å². The zero-order valence-electron chi connectivity index (χ0n) is 13.2. The first-order valence-corrected chi connectivity index (χ1v) is 7.88. The summed E-state index contributed by atoms with van der Waals surface area (Å²) in [6.45, 7) is 7.14. The van der Waals surface area contributed by atoms with E-state index in [2.05, 4.69) is 31.5 Å². The van der Waals surface area contributed by atoms with Crippen LogP contribution in [0.15, 0.2) is 12.3 Å². The number of aromatic nitrogens is 2. The highest BCUT2D eigenvalue weighted by Gasteiger charge is 2.67. The monoisotopic (exact) mass is 274 g/mol. The first-order valence-electron chi connectivity index (χ1n) is 7.88. The van der Waals surface area contributed by atoms with Crippen molar-refractivity contribution < 1.29 is 4.74 Å². The molecule has 0 radical (unpaired) electrons. The molecule has 4 aliphatic rings. The SMILES string of the molecule is COC12CC3(C)CC(C)(C1)CC(n1nccc1C)(C3)C2. The highest BCUT2D eigenvalue weighted by atomic mass is 16.5. The molecule has 1 heterocycles. The fourth-order valence-corrected chi connectivity index (χ4v) is 6.83. The lowest BCUT2D eigenvalue weighted by molar-refractivity contribution is -0.231. The zero-order valence-corrected chi connectivity index (χ0v) is 13.2. The van der Waals surface area contributed by atoms with E-state index in [0.717, 1.165) is 6.42 Å². The predicted octanol–water partition coefficient (Wildman–Crippen LogP) is 3.67. The first-order chi connectivity index (χ1) is 9.32. The van der Waals surface area contributed by atoms with Gasteiger partial charge in [-0.1, -0.05) is 13.8 Å². The van der Waals surface area contributed by atoms with Crippen molar-refractivity contribution in [3.8, 4) is 0 Å². The van der Waals surface area contributed by atoms with Gasteiger partial charge in [0, 0.05) is 25.4 Å². The van der Waals surface area contributed by atoms with Crippen molar-refractivity contribution in [2.45, 2.75) is 70.4 Å². The van der Waals surface area contributed by atoms with Crippen molar-refractivity contribution in [2.24, 2.45) is 10.8 Å². The molecular formula is C17H26N2O. The van der Waals surface area contributed by atoms with Gasteiger partial charge in [0.05, 0.1) is 11.1 Å². The van der Waals surface area contributed by atoms with Gasteiger partial charge >= 0.3 is 0 Å². The van der Waals surface area contributed by atoms with Gasteiger partial charge in [0.25, 0.3) is 0 Å². The summed E-state index contributed by atoms with van der Waals surface area (Å²) in [5.74, 6) is 0. The summed E-state index contributed by atoms with van der Waals surface area (Å²) >= 11 is 0. The summed E-state index contributed by atoms with van der Waals surface area (Å²) in [5, 5.41) is 4.69. The van der Waals surface area contributed by atoms with Crippen molar-refractivity contribution in [2.75, 3.05) is 7.11 Å². The predicted molar refractivity (Wildman–Crippen MR) is 78.6 cm³/mol. The largest absolute Gasteiger partial charge is 0.378 e. The fraction of sp³-hybridized carbons (Fsp3) is 0.824. The maximum Gasteiger partial charge on any atom is 0.0712 e. The van der Waals surface area contributed by atoms with Gasteiger partial charge in [-0.05, 0) is 55.9 Å². The van der Waals surface area contributed by atoms with Gasteiger partial charge in [-0.2, -0.15) is 5.10 Å². The molecule has 20 heavy (non-hydrogen) atoms. The number of hydrogen-bond acceptors (Lipinski definition) is 2. The van der Waals surface area contributed by atoms with Crippen LogP contribution in [0.1, 0.15) is 58.1 Å². The molecule has 4 saturated carbocycles. The van der Waals surface area contributed by atoms with Crippen molar-refractivity contribution in [1.29, 1.82) is 0 Å². The minimum absolute atomic E-state index is 0.0800. The molecule has 5 rings (SSSR count). The summed E-state index contributed by atoms with van der Waals surface area (Å²) in [5.41, 5.74) is 2.39. The Bertz CT molecular complexity index is 543. The number of ether oxygens (including phenoxy) is 1. The molecule has 110 valence electrons. The van der Waals surface area contributed by atoms with E-state index in [9.17, 15) is 0 Å². The molecule has 0 N–H and O–H groups in total. The average Bonchev–Trinajstić information content (AvgIpc) is 2.71. The van der Waals surface area contributed by atoms with Crippen LogP contribution in [0, 0.1) is 17.8 Å². The third kappa shape index (κ3) is 1.53. The zero-order chi connectivity index (χ0) is 14.2. The van der Waals surface area contributed by atoms with Gasteiger partial charge in [-0.25, -0.2) is 0 Å². The molecule has 0 amide bonds. The van der Waals surface area contributed by atoms with Crippen molar-refractivity contribution in [1.82, 2.24) is 9.78 Å². The summed E-state index contributed by atoms with van der Waals surface area (Å²) in [6.07, 6.45) is 9.45. The smallest absolute Gasteiger partial charge is 0.0712 e. The number of hydrogen-bond donors (Lipinski definition) is 0. The number of rotatable bonds is 2. The van der Waals surface area contributed by atoms with E-state index >= 15 is 0 Å². The highest BCUT2D eigenvalue weighted by Crippen LogP contribution is 2.70. The molecule has 3 heteroatoms. The van der Waals surface area contributed by atoms with Crippen LogP contribution in [-0.2, 0) is 10.3 Å². The third-order valence-electron chi connectivity index (χ3n) is 6.23. The van der Waals surface area contributed by atoms with Crippen LogP contribution < -0.4 is 0 Å². The van der Waals surface area contributed by atoms with E-state index in [-0.39, 0.29) is 11.1 Å². The second-order valence-corrected chi connectivity index (χ2v) is 8.68. The van der Waals surface area contributed by atoms with Crippen LogP contribution in [-0.4, -0.2) is 22.5 Å². The van der Waals surface area contributed by atoms with Gasteiger partial charge < -0.3 is 4.74 Å². The van der Waals surface area contributed by atoms with Crippen molar-refractivity contribution in [3.05, 3.63) is 18.0 Å². The van der Waals surface area contributed by atoms with Crippen LogP contribution >= 0.6 is 0 Å². The normalized spacial score (nSPS) is 49.8. The van der Waals surface area contributed by atoms with Crippen molar-refractivity contribution in [3.63, 3.8) is 0 Å². The summed E-state index contributed by atoms with van der Waals surface area (Å²) in [4.78, 5) is 0. The number of methoxy groups -OCH3 is 1. The van der Waals surface area contributed by atoms with Crippen LogP contribution in [0.5, 0.6) is 0 Å². The number of aryl methyl sites for hydroxylation is 1. The molecule has 0 saturated heterocycles. The lowest BCUT2D eigenvalue weighted by atomic mass is 9.41. The fourth-order valence-electron chi connectivity index (χ4n) is 6.83. The summed E-state index contributed by atoms with van der Waals surface area (Å²) < 4.78 is 8.43. The molecule has 4 bridgehead atoms. The Labute approximate surface area is 121 Å². The van der Waals surface area contributed by atoms with E-state index in [1.165, 1.54) is 37.8 Å². The molecule has 1 aromatic rings. The van der Waals surface area contributed by atoms with E-state index in [1.54, 1.807) is 0 Å². The Morgan fingerprint density at radius 3 is 2.20 bits per heavy atom. The lowest BCUT2D eigenvalue weighted by Gasteiger charge is -2.68. The Balaban J connectivity index is 1.88. The van der Waals surface area contributed by atoms with Gasteiger partial charge in [0.2, 0.25) is 0 Å². The molecule has 4 aliphatic carbocycles. The van der Waals surface area contributed by atoms with Gasteiger partial charge in [0.15, 0.2) is 0 Å². The van der Waals surface area contributed by atoms with Gasteiger partial charge in [-0.3, -0.25) is 4.68 Å². The molecule has 2 unspecified atom stereocenters. The quantitative estimate of drug-likeness (QED) is 0.823. The Hall–Kier alpha value is -0.830. The Morgan fingerprint density at radius 2 is 1.70 bits per heavy atom.